The molecule has 82 valence electrons. The van der Waals surface area contributed by atoms with Crippen LogP contribution >= 0.6 is 0 Å². The lowest BCUT2D eigenvalue weighted by Gasteiger charge is -2.31. The van der Waals surface area contributed by atoms with Crippen molar-refractivity contribution < 1.29 is 4.74 Å². The zero-order chi connectivity index (χ0) is 10.5. The van der Waals surface area contributed by atoms with E-state index in [1.54, 1.807) is 7.11 Å². The number of benzene rings is 1. The molecule has 0 saturated carbocycles. The van der Waals surface area contributed by atoms with E-state index in [0.29, 0.717) is 6.04 Å². The molecule has 1 aromatic carbocycles. The smallest absolute Gasteiger partial charge is 0.0986 e. The minimum atomic E-state index is 0.138. The average Bonchev–Trinajstić information content (AvgIpc) is 2.33. The fraction of sp³-hybridized carbons (Fsp3) is 0.500. The zero-order valence-electron chi connectivity index (χ0n) is 9.07. The summed E-state index contributed by atoms with van der Waals surface area (Å²) in [6.07, 6.45) is 0.138. The van der Waals surface area contributed by atoms with Gasteiger partial charge >= 0.3 is 0 Å². The number of ether oxygens (including phenoxy) is 1. The van der Waals surface area contributed by atoms with E-state index in [1.807, 2.05) is 6.07 Å². The van der Waals surface area contributed by atoms with Gasteiger partial charge in [-0.3, -0.25) is 0 Å². The van der Waals surface area contributed by atoms with Crippen LogP contribution in [-0.2, 0) is 4.74 Å². The Labute approximate surface area is 90.8 Å². The molecule has 1 aromatic rings. The summed E-state index contributed by atoms with van der Waals surface area (Å²) in [4.78, 5) is 0. The van der Waals surface area contributed by atoms with Crippen molar-refractivity contribution in [2.75, 3.05) is 26.7 Å². The van der Waals surface area contributed by atoms with Crippen molar-refractivity contribution in [3.05, 3.63) is 35.9 Å². The zero-order valence-corrected chi connectivity index (χ0v) is 9.07. The van der Waals surface area contributed by atoms with Crippen molar-refractivity contribution >= 4 is 0 Å². The first-order valence-electron chi connectivity index (χ1n) is 5.43. The van der Waals surface area contributed by atoms with Crippen LogP contribution < -0.4 is 10.6 Å². The Hall–Kier alpha value is -0.900. The Kier molecular flexibility index (Phi) is 3.72. The van der Waals surface area contributed by atoms with Gasteiger partial charge in [-0.15, -0.1) is 0 Å². The average molecular weight is 206 g/mol. The van der Waals surface area contributed by atoms with Crippen LogP contribution in [0, 0.1) is 0 Å². The Morgan fingerprint density at radius 3 is 2.67 bits per heavy atom. The molecule has 15 heavy (non-hydrogen) atoms. The van der Waals surface area contributed by atoms with E-state index in [4.69, 9.17) is 4.74 Å². The molecule has 0 aliphatic carbocycles. The highest BCUT2D eigenvalue weighted by atomic mass is 16.5. The SMILES string of the molecule is COC(c1ccccc1)C1CNCCN1. The highest BCUT2D eigenvalue weighted by Gasteiger charge is 2.23. The molecule has 1 aliphatic heterocycles. The van der Waals surface area contributed by atoms with Crippen molar-refractivity contribution in [1.29, 1.82) is 0 Å². The topological polar surface area (TPSA) is 33.3 Å². The van der Waals surface area contributed by atoms with E-state index in [0.717, 1.165) is 19.6 Å². The van der Waals surface area contributed by atoms with Crippen LogP contribution in [0.3, 0.4) is 0 Å². The summed E-state index contributed by atoms with van der Waals surface area (Å²) in [5.41, 5.74) is 1.24. The third-order valence-corrected chi connectivity index (χ3v) is 2.82. The van der Waals surface area contributed by atoms with Gasteiger partial charge in [0.15, 0.2) is 0 Å². The second-order valence-electron chi connectivity index (χ2n) is 3.83. The monoisotopic (exact) mass is 206 g/mol. The van der Waals surface area contributed by atoms with Gasteiger partial charge in [0.05, 0.1) is 12.1 Å². The van der Waals surface area contributed by atoms with Crippen molar-refractivity contribution in [1.82, 2.24) is 10.6 Å². The second kappa shape index (κ2) is 5.26. The van der Waals surface area contributed by atoms with Gasteiger partial charge in [0, 0.05) is 26.7 Å². The van der Waals surface area contributed by atoms with Gasteiger partial charge in [-0.2, -0.15) is 0 Å². The maximum absolute atomic E-state index is 5.57. The van der Waals surface area contributed by atoms with Crippen LogP contribution in [-0.4, -0.2) is 32.8 Å². The molecule has 2 atom stereocenters. The lowest BCUT2D eigenvalue weighted by molar-refractivity contribution is 0.0629. The Bertz CT molecular complexity index is 283. The van der Waals surface area contributed by atoms with E-state index >= 15 is 0 Å². The molecule has 0 bridgehead atoms. The molecular formula is C12H18N2O. The molecule has 2 unspecified atom stereocenters. The number of methoxy groups -OCH3 is 1. The number of nitrogens with one attached hydrogen (secondary N) is 2. The van der Waals surface area contributed by atoms with E-state index < -0.39 is 0 Å². The van der Waals surface area contributed by atoms with Crippen molar-refractivity contribution in [2.24, 2.45) is 0 Å². The summed E-state index contributed by atoms with van der Waals surface area (Å²) in [6, 6.07) is 10.7. The van der Waals surface area contributed by atoms with Crippen LogP contribution in [0.2, 0.25) is 0 Å². The predicted octanol–water partition coefficient (Wildman–Crippen LogP) is 0.935. The first kappa shape index (κ1) is 10.6. The van der Waals surface area contributed by atoms with Crippen LogP contribution in [0.4, 0.5) is 0 Å². The lowest BCUT2D eigenvalue weighted by Crippen LogP contribution is -2.51. The van der Waals surface area contributed by atoms with Crippen LogP contribution in [0.5, 0.6) is 0 Å². The molecule has 2 N–H and O–H groups in total. The van der Waals surface area contributed by atoms with E-state index in [2.05, 4.69) is 34.9 Å². The number of hydrogen-bond donors (Lipinski definition) is 2. The maximum atomic E-state index is 5.57. The summed E-state index contributed by atoms with van der Waals surface area (Å²) in [7, 11) is 1.77. The van der Waals surface area contributed by atoms with Crippen molar-refractivity contribution in [3.63, 3.8) is 0 Å². The minimum absolute atomic E-state index is 0.138. The van der Waals surface area contributed by atoms with Gasteiger partial charge in [-0.05, 0) is 5.56 Å². The van der Waals surface area contributed by atoms with Gasteiger partial charge in [0.25, 0.3) is 0 Å². The molecule has 0 radical (unpaired) electrons. The summed E-state index contributed by atoms with van der Waals surface area (Å²) in [5.74, 6) is 0. The first-order chi connectivity index (χ1) is 7.42. The molecule has 0 spiro atoms. The van der Waals surface area contributed by atoms with Crippen molar-refractivity contribution in [2.45, 2.75) is 12.1 Å². The molecule has 2 rings (SSSR count). The number of piperazine rings is 1. The second-order valence-corrected chi connectivity index (χ2v) is 3.83. The van der Waals surface area contributed by atoms with E-state index in [9.17, 15) is 0 Å². The number of rotatable bonds is 3. The third-order valence-electron chi connectivity index (χ3n) is 2.82. The molecule has 1 saturated heterocycles. The van der Waals surface area contributed by atoms with Crippen LogP contribution in [0.25, 0.3) is 0 Å². The standard InChI is InChI=1S/C12H18N2O/c1-15-12(10-5-3-2-4-6-10)11-9-13-7-8-14-11/h2-6,11-14H,7-9H2,1H3. The molecule has 1 fully saturated rings. The highest BCUT2D eigenvalue weighted by Crippen LogP contribution is 2.20. The first-order valence-corrected chi connectivity index (χ1v) is 5.43. The fourth-order valence-electron chi connectivity index (χ4n) is 2.07. The molecule has 1 heterocycles. The highest BCUT2D eigenvalue weighted by molar-refractivity contribution is 5.19. The van der Waals surface area contributed by atoms with Gasteiger partial charge in [-0.25, -0.2) is 0 Å². The van der Waals surface area contributed by atoms with E-state index in [1.165, 1.54) is 5.56 Å². The molecule has 1 aliphatic rings. The van der Waals surface area contributed by atoms with Gasteiger partial charge in [-0.1, -0.05) is 30.3 Å². The quantitative estimate of drug-likeness (QED) is 0.772. The summed E-state index contributed by atoms with van der Waals surface area (Å²) in [6.45, 7) is 3.02. The van der Waals surface area contributed by atoms with Gasteiger partial charge < -0.3 is 15.4 Å². The molecule has 0 amide bonds. The Balaban J connectivity index is 2.09. The lowest BCUT2D eigenvalue weighted by atomic mass is 10.0. The van der Waals surface area contributed by atoms with Gasteiger partial charge in [0.2, 0.25) is 0 Å². The third kappa shape index (κ3) is 2.56. The Morgan fingerprint density at radius 1 is 1.27 bits per heavy atom. The van der Waals surface area contributed by atoms with Crippen LogP contribution in [0.1, 0.15) is 11.7 Å². The minimum Gasteiger partial charge on any atom is -0.375 e. The fourth-order valence-corrected chi connectivity index (χ4v) is 2.07. The van der Waals surface area contributed by atoms with Gasteiger partial charge in [0.1, 0.15) is 0 Å². The largest absolute Gasteiger partial charge is 0.375 e. The van der Waals surface area contributed by atoms with Crippen LogP contribution in [0.15, 0.2) is 30.3 Å². The van der Waals surface area contributed by atoms with E-state index in [-0.39, 0.29) is 6.10 Å². The molecular weight excluding hydrogens is 188 g/mol. The maximum Gasteiger partial charge on any atom is 0.0986 e. The summed E-state index contributed by atoms with van der Waals surface area (Å²) in [5, 5.41) is 6.86. The summed E-state index contributed by atoms with van der Waals surface area (Å²) < 4.78 is 5.57. The normalized spacial score (nSPS) is 23.7. The molecule has 3 nitrogen and oxygen atoms in total. The molecule has 0 aromatic heterocycles. The predicted molar refractivity (Wildman–Crippen MR) is 60.9 cm³/mol. The summed E-state index contributed by atoms with van der Waals surface area (Å²) >= 11 is 0. The van der Waals surface area contributed by atoms with Crippen molar-refractivity contribution in [3.8, 4) is 0 Å². The Morgan fingerprint density at radius 2 is 2.07 bits per heavy atom. The molecule has 3 heteroatoms. The number of hydrogen-bond acceptors (Lipinski definition) is 3.